The molecule has 0 aliphatic carbocycles. The first-order valence-corrected chi connectivity index (χ1v) is 11.9. The minimum atomic E-state index is -0.542. The maximum absolute atomic E-state index is 13.3. The largest absolute Gasteiger partial charge is 0.490 e. The lowest BCUT2D eigenvalue weighted by molar-refractivity contribution is -0.142. The van der Waals surface area contributed by atoms with E-state index < -0.39 is 5.97 Å². The highest BCUT2D eigenvalue weighted by Gasteiger charge is 2.34. The van der Waals surface area contributed by atoms with Crippen LogP contribution >= 0.6 is 35.6 Å². The Morgan fingerprint density at radius 2 is 1.91 bits per heavy atom. The standard InChI is InChI=1S/C25H20ClNO5S2/c1-3-31-20-12-15(11-18(26)23(20)32-14-22(28)30-2)13-21-24(29)27(25(33)34-21)19-10-6-8-16-7-4-5-9-17(16)19/h4-13H,3,14H2,1-2H3/b21-13+. The minimum absolute atomic E-state index is 0.216. The second kappa shape index (κ2) is 10.5. The topological polar surface area (TPSA) is 65.1 Å². The molecule has 0 aromatic heterocycles. The number of hydrogen-bond donors (Lipinski definition) is 0. The number of carbonyl (C=O) groups is 2. The van der Waals surface area contributed by atoms with E-state index in [1.54, 1.807) is 23.1 Å². The Hall–Kier alpha value is -3.07. The first kappa shape index (κ1) is 24.1. The van der Waals surface area contributed by atoms with Gasteiger partial charge in [-0.15, -0.1) is 0 Å². The molecule has 4 rings (SSSR count). The van der Waals surface area contributed by atoms with Crippen LogP contribution in [0.1, 0.15) is 12.5 Å². The molecule has 0 N–H and O–H groups in total. The predicted molar refractivity (Wildman–Crippen MR) is 140 cm³/mol. The average molecular weight is 514 g/mol. The summed E-state index contributed by atoms with van der Waals surface area (Å²) in [5.74, 6) is -0.171. The molecule has 0 radical (unpaired) electrons. The number of rotatable bonds is 7. The fraction of sp³-hybridized carbons (Fsp3) is 0.160. The van der Waals surface area contributed by atoms with Crippen LogP contribution in [-0.4, -0.2) is 36.5 Å². The van der Waals surface area contributed by atoms with Gasteiger partial charge in [0.25, 0.3) is 5.91 Å². The van der Waals surface area contributed by atoms with Crippen molar-refractivity contribution in [2.75, 3.05) is 25.2 Å². The van der Waals surface area contributed by atoms with E-state index in [9.17, 15) is 9.59 Å². The van der Waals surface area contributed by atoms with E-state index in [1.165, 1.54) is 18.9 Å². The maximum atomic E-state index is 13.3. The van der Waals surface area contributed by atoms with Gasteiger partial charge in [0.15, 0.2) is 22.4 Å². The van der Waals surface area contributed by atoms with Gasteiger partial charge in [0, 0.05) is 5.39 Å². The summed E-state index contributed by atoms with van der Waals surface area (Å²) in [6.07, 6.45) is 1.71. The number of amides is 1. The van der Waals surface area contributed by atoms with Gasteiger partial charge in [-0.05, 0) is 42.1 Å². The number of methoxy groups -OCH3 is 1. The van der Waals surface area contributed by atoms with Crippen LogP contribution in [-0.2, 0) is 14.3 Å². The highest BCUT2D eigenvalue weighted by Crippen LogP contribution is 2.41. The Labute approximate surface area is 211 Å². The van der Waals surface area contributed by atoms with Gasteiger partial charge in [0.2, 0.25) is 0 Å². The number of fused-ring (bicyclic) bond motifs is 1. The minimum Gasteiger partial charge on any atom is -0.490 e. The van der Waals surface area contributed by atoms with Crippen LogP contribution in [0.3, 0.4) is 0 Å². The summed E-state index contributed by atoms with van der Waals surface area (Å²) in [4.78, 5) is 26.8. The van der Waals surface area contributed by atoms with Crippen molar-refractivity contribution in [3.05, 3.63) is 70.1 Å². The molecule has 34 heavy (non-hydrogen) atoms. The first-order valence-electron chi connectivity index (χ1n) is 10.3. The van der Waals surface area contributed by atoms with Gasteiger partial charge in [-0.25, -0.2) is 4.79 Å². The number of halogens is 1. The van der Waals surface area contributed by atoms with E-state index in [1.807, 2.05) is 49.4 Å². The number of benzene rings is 3. The summed E-state index contributed by atoms with van der Waals surface area (Å²) in [6.45, 7) is 1.87. The van der Waals surface area contributed by atoms with Crippen molar-refractivity contribution >= 4 is 74.3 Å². The summed E-state index contributed by atoms with van der Waals surface area (Å²) >= 11 is 13.2. The Morgan fingerprint density at radius 3 is 2.68 bits per heavy atom. The van der Waals surface area contributed by atoms with Crippen molar-refractivity contribution in [2.45, 2.75) is 6.92 Å². The second-order valence-corrected chi connectivity index (χ2v) is 9.23. The third kappa shape index (κ3) is 4.89. The lowest BCUT2D eigenvalue weighted by atomic mass is 10.1. The molecule has 3 aromatic carbocycles. The van der Waals surface area contributed by atoms with Gasteiger partial charge in [0.1, 0.15) is 0 Å². The van der Waals surface area contributed by atoms with Crippen LogP contribution in [0, 0.1) is 0 Å². The van der Waals surface area contributed by atoms with Gasteiger partial charge in [-0.2, -0.15) is 0 Å². The van der Waals surface area contributed by atoms with Gasteiger partial charge in [-0.1, -0.05) is 72.0 Å². The number of anilines is 1. The molecular formula is C25H20ClNO5S2. The lowest BCUT2D eigenvalue weighted by Crippen LogP contribution is -2.27. The smallest absolute Gasteiger partial charge is 0.343 e. The number of esters is 1. The van der Waals surface area contributed by atoms with Crippen molar-refractivity contribution in [3.8, 4) is 11.5 Å². The van der Waals surface area contributed by atoms with E-state index in [2.05, 4.69) is 4.74 Å². The van der Waals surface area contributed by atoms with Crippen LogP contribution in [0.25, 0.3) is 16.8 Å². The molecule has 0 atom stereocenters. The van der Waals surface area contributed by atoms with Crippen LogP contribution in [0.15, 0.2) is 59.5 Å². The summed E-state index contributed by atoms with van der Waals surface area (Å²) in [5, 5.41) is 2.20. The summed E-state index contributed by atoms with van der Waals surface area (Å²) in [5.41, 5.74) is 1.38. The summed E-state index contributed by atoms with van der Waals surface area (Å²) < 4.78 is 16.2. The van der Waals surface area contributed by atoms with Gasteiger partial charge < -0.3 is 14.2 Å². The fourth-order valence-corrected chi connectivity index (χ4v) is 5.05. The van der Waals surface area contributed by atoms with Crippen LogP contribution < -0.4 is 14.4 Å². The molecule has 0 saturated carbocycles. The van der Waals surface area contributed by atoms with Gasteiger partial charge in [0.05, 0.1) is 29.3 Å². The molecule has 3 aromatic rings. The van der Waals surface area contributed by atoms with Gasteiger partial charge >= 0.3 is 5.97 Å². The number of ether oxygens (including phenoxy) is 3. The normalized spacial score (nSPS) is 14.7. The molecule has 1 aliphatic rings. The predicted octanol–water partition coefficient (Wildman–Crippen LogP) is 5.85. The molecule has 1 heterocycles. The molecule has 0 bridgehead atoms. The lowest BCUT2D eigenvalue weighted by Gasteiger charge is -2.17. The van der Waals surface area contributed by atoms with Crippen LogP contribution in [0.4, 0.5) is 5.69 Å². The molecule has 6 nitrogen and oxygen atoms in total. The highest BCUT2D eigenvalue weighted by atomic mass is 35.5. The Kier molecular flexibility index (Phi) is 7.41. The number of hydrogen-bond acceptors (Lipinski definition) is 7. The maximum Gasteiger partial charge on any atom is 0.343 e. The fourth-order valence-electron chi connectivity index (χ4n) is 3.49. The molecule has 0 spiro atoms. The van der Waals surface area contributed by atoms with Crippen molar-refractivity contribution in [3.63, 3.8) is 0 Å². The molecule has 0 unspecified atom stereocenters. The van der Waals surface area contributed by atoms with Crippen molar-refractivity contribution in [2.24, 2.45) is 0 Å². The van der Waals surface area contributed by atoms with E-state index in [0.29, 0.717) is 27.1 Å². The van der Waals surface area contributed by atoms with Crippen molar-refractivity contribution < 1.29 is 23.8 Å². The van der Waals surface area contributed by atoms with Crippen molar-refractivity contribution in [1.82, 2.24) is 0 Å². The zero-order chi connectivity index (χ0) is 24.2. The molecule has 1 saturated heterocycles. The van der Waals surface area contributed by atoms with Crippen molar-refractivity contribution in [1.29, 1.82) is 0 Å². The van der Waals surface area contributed by atoms with E-state index in [0.717, 1.165) is 16.5 Å². The first-order chi connectivity index (χ1) is 16.4. The monoisotopic (exact) mass is 513 g/mol. The molecule has 1 fully saturated rings. The number of thiocarbonyl (C=S) groups is 1. The zero-order valence-corrected chi connectivity index (χ0v) is 20.8. The summed E-state index contributed by atoms with van der Waals surface area (Å²) in [7, 11) is 1.27. The third-order valence-electron chi connectivity index (χ3n) is 4.99. The van der Waals surface area contributed by atoms with Crippen LogP contribution in [0.2, 0.25) is 5.02 Å². The van der Waals surface area contributed by atoms with Crippen LogP contribution in [0.5, 0.6) is 11.5 Å². The van der Waals surface area contributed by atoms with E-state index >= 15 is 0 Å². The highest BCUT2D eigenvalue weighted by molar-refractivity contribution is 8.27. The zero-order valence-electron chi connectivity index (χ0n) is 18.4. The second-order valence-electron chi connectivity index (χ2n) is 7.14. The molecule has 9 heteroatoms. The number of thioether (sulfide) groups is 1. The Bertz CT molecular complexity index is 1320. The van der Waals surface area contributed by atoms with Gasteiger partial charge in [-0.3, -0.25) is 9.69 Å². The molecule has 1 amide bonds. The number of nitrogens with zero attached hydrogens (tertiary/aromatic N) is 1. The molecule has 174 valence electrons. The number of carbonyl (C=O) groups excluding carboxylic acids is 2. The Balaban J connectivity index is 1.67. The third-order valence-corrected chi connectivity index (χ3v) is 6.58. The summed E-state index contributed by atoms with van der Waals surface area (Å²) in [6, 6.07) is 17.0. The Morgan fingerprint density at radius 1 is 1.15 bits per heavy atom. The SMILES string of the molecule is CCOc1cc(/C=C2/SC(=S)N(c3cccc4ccccc34)C2=O)cc(Cl)c1OCC(=O)OC. The molecular weight excluding hydrogens is 494 g/mol. The quantitative estimate of drug-likeness (QED) is 0.223. The molecule has 1 aliphatic heterocycles. The van der Waals surface area contributed by atoms with E-state index in [-0.39, 0.29) is 23.3 Å². The average Bonchev–Trinajstić information content (AvgIpc) is 3.10. The van der Waals surface area contributed by atoms with E-state index in [4.69, 9.17) is 33.3 Å².